The van der Waals surface area contributed by atoms with Crippen LogP contribution in [0, 0.1) is 49.7 Å². The van der Waals surface area contributed by atoms with Crippen LogP contribution in [0.5, 0.6) is 0 Å². The van der Waals surface area contributed by atoms with Gasteiger partial charge in [-0.1, -0.05) is 40.7 Å². The summed E-state index contributed by atoms with van der Waals surface area (Å²) in [7, 11) is 3.64. The molecule has 6 rings (SSSR count). The molecule has 0 aromatic rings. The number of ether oxygens (including phenoxy) is 1. The second-order valence-electron chi connectivity index (χ2n) is 15.7. The fourth-order valence-corrected chi connectivity index (χ4v) is 10.9. The average Bonchev–Trinajstić information content (AvgIpc) is 3.09. The Morgan fingerprint density at radius 1 is 1.00 bits per heavy atom. The molecular weight excluding hydrogens is 518 g/mol. The molecule has 1 N–H and O–H groups in total. The van der Waals surface area contributed by atoms with Crippen LogP contribution >= 0.6 is 0 Å². The number of hydrazine groups is 1. The second kappa shape index (κ2) is 7.85. The van der Waals surface area contributed by atoms with Crippen molar-refractivity contribution in [3.05, 3.63) is 23.3 Å². The van der Waals surface area contributed by atoms with Gasteiger partial charge in [-0.05, 0) is 74.3 Å². The number of allylic oxidation sites excluding steroid dienone is 1. The summed E-state index contributed by atoms with van der Waals surface area (Å²) in [5.74, 6) is -1.12. The molecule has 41 heavy (non-hydrogen) atoms. The van der Waals surface area contributed by atoms with E-state index in [2.05, 4.69) is 39.2 Å². The fourth-order valence-electron chi connectivity index (χ4n) is 10.9. The largest absolute Gasteiger partial charge is 0.449 e. The molecule has 4 fully saturated rings. The topological polar surface area (TPSA) is 117 Å². The lowest BCUT2D eigenvalue weighted by Gasteiger charge is -2.71. The van der Waals surface area contributed by atoms with Crippen molar-refractivity contribution in [1.29, 1.82) is 5.26 Å². The van der Waals surface area contributed by atoms with Gasteiger partial charge in [-0.3, -0.25) is 14.4 Å². The number of carbonyl (C=O) groups is 4. The van der Waals surface area contributed by atoms with Crippen molar-refractivity contribution in [1.82, 2.24) is 10.4 Å². The van der Waals surface area contributed by atoms with Gasteiger partial charge in [-0.25, -0.2) is 10.4 Å². The molecule has 1 heterocycles. The summed E-state index contributed by atoms with van der Waals surface area (Å²) >= 11 is 0. The summed E-state index contributed by atoms with van der Waals surface area (Å²) in [4.78, 5) is 55.2. The van der Waals surface area contributed by atoms with Crippen molar-refractivity contribution in [3.63, 3.8) is 0 Å². The third-order valence-electron chi connectivity index (χ3n) is 13.4. The smallest absolute Gasteiger partial charge is 0.313 e. The van der Waals surface area contributed by atoms with Gasteiger partial charge in [0.15, 0.2) is 17.2 Å². The minimum atomic E-state index is -1.55. The first-order valence-corrected chi connectivity index (χ1v) is 15.0. The molecule has 8 heteroatoms. The first kappa shape index (κ1) is 28.5. The zero-order valence-corrected chi connectivity index (χ0v) is 25.7. The number of fused-ring (bicyclic) bond motifs is 4. The quantitative estimate of drug-likeness (QED) is 0.235. The van der Waals surface area contributed by atoms with Gasteiger partial charge in [0.25, 0.3) is 0 Å². The lowest BCUT2D eigenvalue weighted by molar-refractivity contribution is -0.210. The van der Waals surface area contributed by atoms with E-state index in [0.29, 0.717) is 32.0 Å². The van der Waals surface area contributed by atoms with Crippen molar-refractivity contribution in [2.24, 2.45) is 38.4 Å². The molecule has 220 valence electrons. The Balaban J connectivity index is 1.65. The summed E-state index contributed by atoms with van der Waals surface area (Å²) in [6, 6.07) is 2.06. The van der Waals surface area contributed by atoms with Crippen LogP contribution in [0.25, 0.3) is 0 Å². The number of hydrogen-bond donors (Lipinski definition) is 1. The number of esters is 1. The molecule has 5 aliphatic carbocycles. The Hall–Kier alpha value is -2.63. The van der Waals surface area contributed by atoms with Gasteiger partial charge >= 0.3 is 5.97 Å². The van der Waals surface area contributed by atoms with Crippen LogP contribution in [0.4, 0.5) is 0 Å². The molecule has 1 saturated heterocycles. The summed E-state index contributed by atoms with van der Waals surface area (Å²) in [6.07, 6.45) is 8.86. The maximum Gasteiger partial charge on any atom is 0.313 e. The lowest BCUT2D eigenvalue weighted by Crippen LogP contribution is -2.79. The van der Waals surface area contributed by atoms with Crippen LogP contribution in [0.1, 0.15) is 86.5 Å². The van der Waals surface area contributed by atoms with Gasteiger partial charge in [0.2, 0.25) is 0 Å². The molecule has 8 nitrogen and oxygen atoms in total. The Kier molecular flexibility index (Phi) is 5.45. The van der Waals surface area contributed by atoms with Gasteiger partial charge in [0.05, 0.1) is 16.5 Å². The van der Waals surface area contributed by atoms with Gasteiger partial charge in [-0.2, -0.15) is 5.26 Å². The second-order valence-corrected chi connectivity index (χ2v) is 15.7. The van der Waals surface area contributed by atoms with E-state index in [9.17, 15) is 24.4 Å². The minimum Gasteiger partial charge on any atom is -0.449 e. The van der Waals surface area contributed by atoms with Gasteiger partial charge < -0.3 is 9.53 Å². The molecular formula is C33H43N3O5. The van der Waals surface area contributed by atoms with Crippen LogP contribution in [-0.2, 0) is 23.9 Å². The van der Waals surface area contributed by atoms with E-state index in [4.69, 9.17) is 4.74 Å². The Morgan fingerprint density at radius 2 is 1.66 bits per heavy atom. The third-order valence-corrected chi connectivity index (χ3v) is 13.4. The van der Waals surface area contributed by atoms with E-state index >= 15 is 0 Å². The molecule has 2 bridgehead atoms. The third kappa shape index (κ3) is 2.79. The van der Waals surface area contributed by atoms with Gasteiger partial charge in [0, 0.05) is 30.8 Å². The van der Waals surface area contributed by atoms with Crippen molar-refractivity contribution in [2.45, 2.75) is 97.6 Å². The molecule has 0 radical (unpaired) electrons. The molecule has 0 aromatic heterocycles. The van der Waals surface area contributed by atoms with E-state index in [-0.39, 0.29) is 28.7 Å². The summed E-state index contributed by atoms with van der Waals surface area (Å²) in [5.41, 5.74) is -2.69. The summed E-state index contributed by atoms with van der Waals surface area (Å²) in [5, 5.41) is 11.8. The molecule has 8 atom stereocenters. The van der Waals surface area contributed by atoms with Crippen molar-refractivity contribution in [3.8, 4) is 6.07 Å². The van der Waals surface area contributed by atoms with E-state index in [0.717, 1.165) is 24.8 Å². The number of nitriles is 1. The molecule has 1 unspecified atom stereocenters. The minimum absolute atomic E-state index is 0.0121. The van der Waals surface area contributed by atoms with Gasteiger partial charge in [0.1, 0.15) is 17.8 Å². The molecule has 1 aliphatic heterocycles. The average molecular weight is 562 g/mol. The van der Waals surface area contributed by atoms with E-state index in [1.54, 1.807) is 24.1 Å². The predicted molar refractivity (Wildman–Crippen MR) is 151 cm³/mol. The Labute approximate surface area is 242 Å². The lowest BCUT2D eigenvalue weighted by atomic mass is 9.32. The van der Waals surface area contributed by atoms with Crippen LogP contribution in [0.15, 0.2) is 23.3 Å². The van der Waals surface area contributed by atoms with Crippen LogP contribution in [0.2, 0.25) is 0 Å². The first-order valence-electron chi connectivity index (χ1n) is 15.0. The predicted octanol–water partition coefficient (Wildman–Crippen LogP) is 4.25. The number of hydrogen-bond acceptors (Lipinski definition) is 8. The van der Waals surface area contributed by atoms with Gasteiger partial charge in [-0.15, -0.1) is 0 Å². The highest BCUT2D eigenvalue weighted by Crippen LogP contribution is 2.79. The number of ketones is 2. The summed E-state index contributed by atoms with van der Waals surface area (Å²) < 4.78 is 6.48. The number of nitrogens with one attached hydrogen (secondary N) is 1. The Bertz CT molecular complexity index is 1420. The monoisotopic (exact) mass is 561 g/mol. The number of Topliss-reactive ketones (excluding diaryl/α,β-unsaturated/α-hetero) is 1. The van der Waals surface area contributed by atoms with Crippen LogP contribution in [-0.4, -0.2) is 54.1 Å². The van der Waals surface area contributed by atoms with Crippen molar-refractivity contribution < 1.29 is 23.9 Å². The van der Waals surface area contributed by atoms with Crippen LogP contribution < -0.4 is 5.43 Å². The Morgan fingerprint density at radius 3 is 2.27 bits per heavy atom. The fraction of sp³-hybridized carbons (Fsp3) is 0.727. The SMILES string of the molecule is CN(C)N[C@@]12CC[C@]3(C)C(=CC(=O)[C@]45OC(=O)[C@@]6(CCC(C)(C)CC64)CC[C@@]35C)[C@@]1(C)C=C(C#N)C(=O)[C@@]2(C)C=O. The number of carbonyl (C=O) groups excluding carboxylic acids is 4. The standard InChI is InChI=1S/C33H43N3O5/c1-26(2)9-12-31-13-11-30(6)27(3)10-14-32(35-36(7)8)28(4,16-20(18-34)24(39)29(32,5)19-37)21(27)15-23(38)33(30,22(31)17-26)41-25(31)40/h15-16,19,22,35H,9-14,17H2,1-8H3/t22?,27-,28-,29-,30+,31+,32+,33-/m1/s1. The molecule has 0 aromatic carbocycles. The normalized spacial score (nSPS) is 49.5. The first-order chi connectivity index (χ1) is 18.9. The number of nitrogens with zero attached hydrogens (tertiary/aromatic N) is 2. The maximum atomic E-state index is 14.8. The van der Waals surface area contributed by atoms with Crippen molar-refractivity contribution >= 4 is 23.8 Å². The molecule has 1 spiro atoms. The zero-order chi connectivity index (χ0) is 30.2. The van der Waals surface area contributed by atoms with E-state index in [1.165, 1.54) is 0 Å². The highest BCUT2D eigenvalue weighted by Gasteiger charge is 2.83. The van der Waals surface area contributed by atoms with E-state index < -0.39 is 44.0 Å². The molecule has 6 aliphatic rings. The molecule has 3 saturated carbocycles. The number of rotatable bonds is 3. The molecule has 0 amide bonds. The maximum absolute atomic E-state index is 14.8. The van der Waals surface area contributed by atoms with Crippen molar-refractivity contribution in [2.75, 3.05) is 14.1 Å². The highest BCUT2D eigenvalue weighted by molar-refractivity contribution is 6.13. The number of aldehydes is 1. The summed E-state index contributed by atoms with van der Waals surface area (Å²) in [6.45, 7) is 12.3. The van der Waals surface area contributed by atoms with Crippen LogP contribution in [0.3, 0.4) is 0 Å². The highest BCUT2D eigenvalue weighted by atomic mass is 16.6. The van der Waals surface area contributed by atoms with E-state index in [1.807, 2.05) is 21.0 Å². The zero-order valence-electron chi connectivity index (χ0n) is 25.7.